The van der Waals surface area contributed by atoms with Crippen molar-refractivity contribution in [3.05, 3.63) is 24.3 Å². The van der Waals surface area contributed by atoms with Gasteiger partial charge >= 0.3 is 0 Å². The van der Waals surface area contributed by atoms with E-state index in [1.54, 1.807) is 11.3 Å². The average molecular weight is 335 g/mol. The monoisotopic (exact) mass is 335 g/mol. The van der Waals surface area contributed by atoms with E-state index in [1.165, 1.54) is 22.6 Å². The number of hydrogen-bond donors (Lipinski definition) is 1. The van der Waals surface area contributed by atoms with Crippen LogP contribution in [0.1, 0.15) is 6.42 Å². The van der Waals surface area contributed by atoms with Gasteiger partial charge in [-0.1, -0.05) is 23.5 Å². The van der Waals surface area contributed by atoms with Gasteiger partial charge in [0.2, 0.25) is 0 Å². The van der Waals surface area contributed by atoms with Crippen molar-refractivity contribution in [3.63, 3.8) is 0 Å². The predicted molar refractivity (Wildman–Crippen MR) is 95.2 cm³/mol. The first-order valence-corrected chi connectivity index (χ1v) is 9.83. The molecule has 1 N–H and O–H groups in total. The molecule has 3 heterocycles. The smallest absolute Gasteiger partial charge is 0.183 e. The molecule has 4 rings (SSSR count). The maximum absolute atomic E-state index is 5.53. The highest BCUT2D eigenvalue weighted by Crippen LogP contribution is 2.35. The number of para-hydroxylation sites is 1. The van der Waals surface area contributed by atoms with Crippen LogP contribution in [-0.2, 0) is 4.74 Å². The fourth-order valence-corrected chi connectivity index (χ4v) is 5.66. The number of thioether (sulfide) groups is 1. The highest BCUT2D eigenvalue weighted by molar-refractivity contribution is 7.99. The van der Waals surface area contributed by atoms with Crippen LogP contribution in [-0.4, -0.2) is 59.8 Å². The number of aromatic nitrogens is 1. The lowest BCUT2D eigenvalue weighted by atomic mass is 9.95. The first-order valence-electron chi connectivity index (χ1n) is 7.86. The first kappa shape index (κ1) is 14.8. The molecule has 2 aromatic rings. The number of nitrogens with zero attached hydrogens (tertiary/aromatic N) is 2. The average Bonchev–Trinajstić information content (AvgIpc) is 3.21. The molecule has 1 aromatic carbocycles. The normalized spacial score (nSPS) is 26.5. The van der Waals surface area contributed by atoms with Gasteiger partial charge in [-0.15, -0.1) is 0 Å². The topological polar surface area (TPSA) is 37.4 Å². The van der Waals surface area contributed by atoms with E-state index in [2.05, 4.69) is 46.2 Å². The van der Waals surface area contributed by atoms with Gasteiger partial charge in [-0.3, -0.25) is 4.90 Å². The van der Waals surface area contributed by atoms with E-state index in [4.69, 9.17) is 9.72 Å². The summed E-state index contributed by atoms with van der Waals surface area (Å²) >= 11 is 3.83. The Hall–Kier alpha value is -0.820. The molecule has 4 nitrogen and oxygen atoms in total. The highest BCUT2D eigenvalue weighted by atomic mass is 32.2. The van der Waals surface area contributed by atoms with Crippen LogP contribution in [0.2, 0.25) is 0 Å². The van der Waals surface area contributed by atoms with Gasteiger partial charge in [0.05, 0.1) is 23.4 Å². The number of fused-ring (bicyclic) bond motifs is 1. The molecule has 0 radical (unpaired) electrons. The van der Waals surface area contributed by atoms with E-state index in [0.717, 1.165) is 43.5 Å². The quantitative estimate of drug-likeness (QED) is 0.930. The van der Waals surface area contributed by atoms with Crippen LogP contribution in [0.3, 0.4) is 0 Å². The van der Waals surface area contributed by atoms with Gasteiger partial charge in [0.1, 0.15) is 0 Å². The number of anilines is 1. The number of ether oxygens (including phenoxy) is 1. The van der Waals surface area contributed by atoms with Crippen LogP contribution >= 0.6 is 23.1 Å². The molecule has 0 spiro atoms. The largest absolute Gasteiger partial charge is 0.379 e. The molecule has 2 saturated heterocycles. The second kappa shape index (κ2) is 6.35. The maximum atomic E-state index is 5.53. The third-order valence-corrected chi connectivity index (χ3v) is 6.86. The van der Waals surface area contributed by atoms with E-state index in [0.29, 0.717) is 0 Å². The predicted octanol–water partition coefficient (Wildman–Crippen LogP) is 2.92. The van der Waals surface area contributed by atoms with Crippen molar-refractivity contribution >= 4 is 38.4 Å². The number of nitrogens with one attached hydrogen (secondary N) is 1. The lowest BCUT2D eigenvalue weighted by Gasteiger charge is -2.43. The van der Waals surface area contributed by atoms with Gasteiger partial charge in [-0.25, -0.2) is 4.98 Å². The fraction of sp³-hybridized carbons (Fsp3) is 0.562. The molecule has 0 amide bonds. The van der Waals surface area contributed by atoms with Crippen molar-refractivity contribution in [2.75, 3.05) is 49.7 Å². The second-order valence-corrected chi connectivity index (χ2v) is 8.10. The third-order valence-electron chi connectivity index (χ3n) is 4.63. The Morgan fingerprint density at radius 3 is 2.91 bits per heavy atom. The van der Waals surface area contributed by atoms with Crippen LogP contribution in [0, 0.1) is 0 Å². The highest BCUT2D eigenvalue weighted by Gasteiger charge is 2.40. The number of morpholine rings is 1. The number of thiazole rings is 1. The molecule has 2 aliphatic heterocycles. The van der Waals surface area contributed by atoms with E-state index in [9.17, 15) is 0 Å². The molecular weight excluding hydrogens is 314 g/mol. The molecule has 0 bridgehead atoms. The van der Waals surface area contributed by atoms with E-state index < -0.39 is 0 Å². The molecular formula is C16H21N3OS2. The Balaban J connectivity index is 1.49. The summed E-state index contributed by atoms with van der Waals surface area (Å²) in [5.41, 5.74) is 1.36. The molecule has 0 aliphatic carbocycles. The summed E-state index contributed by atoms with van der Waals surface area (Å²) in [5, 5.41) is 4.67. The standard InChI is InChI=1S/C16H21N3OS2/c1-2-4-14-13(3-1)18-15(22-14)17-11-16(5-10-21-12-16)19-6-8-20-9-7-19/h1-4H,5-12H2,(H,17,18)/t16-/m1/s1. The van der Waals surface area contributed by atoms with Crippen LogP contribution in [0.5, 0.6) is 0 Å². The Kier molecular flexibility index (Phi) is 4.26. The fourth-order valence-electron chi connectivity index (χ4n) is 3.32. The molecule has 22 heavy (non-hydrogen) atoms. The Labute approximate surface area is 139 Å². The minimum absolute atomic E-state index is 0.270. The zero-order chi connectivity index (χ0) is 14.8. The van der Waals surface area contributed by atoms with Gasteiger partial charge in [-0.05, 0) is 24.3 Å². The van der Waals surface area contributed by atoms with Gasteiger partial charge < -0.3 is 10.1 Å². The molecule has 1 aromatic heterocycles. The summed E-state index contributed by atoms with van der Waals surface area (Å²) in [6.07, 6.45) is 1.26. The van der Waals surface area contributed by atoms with Crippen molar-refractivity contribution in [1.29, 1.82) is 0 Å². The Bertz CT molecular complexity index is 600. The maximum Gasteiger partial charge on any atom is 0.183 e. The molecule has 2 aliphatic rings. The molecule has 2 fully saturated rings. The van der Waals surface area contributed by atoms with Crippen molar-refractivity contribution in [1.82, 2.24) is 9.88 Å². The minimum atomic E-state index is 0.270. The first-order chi connectivity index (χ1) is 10.9. The molecule has 1 atom stereocenters. The lowest BCUT2D eigenvalue weighted by molar-refractivity contribution is -0.00920. The number of hydrogen-bond acceptors (Lipinski definition) is 6. The zero-order valence-corrected chi connectivity index (χ0v) is 14.2. The molecule has 6 heteroatoms. The van der Waals surface area contributed by atoms with Crippen LogP contribution in [0.4, 0.5) is 5.13 Å². The van der Waals surface area contributed by atoms with Gasteiger partial charge in [-0.2, -0.15) is 11.8 Å². The Morgan fingerprint density at radius 2 is 2.14 bits per heavy atom. The summed E-state index contributed by atoms with van der Waals surface area (Å²) in [7, 11) is 0. The van der Waals surface area contributed by atoms with Gasteiger partial charge in [0.15, 0.2) is 5.13 Å². The second-order valence-electron chi connectivity index (χ2n) is 5.97. The molecule has 118 valence electrons. The zero-order valence-electron chi connectivity index (χ0n) is 12.6. The summed E-state index contributed by atoms with van der Waals surface area (Å²) in [6, 6.07) is 8.35. The summed E-state index contributed by atoms with van der Waals surface area (Å²) in [5.74, 6) is 2.48. The summed E-state index contributed by atoms with van der Waals surface area (Å²) in [6.45, 7) is 4.84. The van der Waals surface area contributed by atoms with E-state index in [-0.39, 0.29) is 5.54 Å². The molecule has 0 unspecified atom stereocenters. The SMILES string of the molecule is c1ccc2sc(NC[C@]3(N4CCOCC4)CCSC3)nc2c1. The molecule has 0 saturated carbocycles. The van der Waals surface area contributed by atoms with E-state index in [1.807, 2.05) is 0 Å². The number of rotatable bonds is 4. The van der Waals surface area contributed by atoms with Crippen LogP contribution < -0.4 is 5.32 Å². The summed E-state index contributed by atoms with van der Waals surface area (Å²) < 4.78 is 6.78. The van der Waals surface area contributed by atoms with Gasteiger partial charge in [0, 0.05) is 30.9 Å². The van der Waals surface area contributed by atoms with Crippen LogP contribution in [0.15, 0.2) is 24.3 Å². The van der Waals surface area contributed by atoms with E-state index >= 15 is 0 Å². The van der Waals surface area contributed by atoms with Crippen molar-refractivity contribution in [2.24, 2.45) is 0 Å². The van der Waals surface area contributed by atoms with Crippen molar-refractivity contribution in [2.45, 2.75) is 12.0 Å². The van der Waals surface area contributed by atoms with Crippen molar-refractivity contribution in [3.8, 4) is 0 Å². The minimum Gasteiger partial charge on any atom is -0.379 e. The lowest BCUT2D eigenvalue weighted by Crippen LogP contribution is -2.57. The van der Waals surface area contributed by atoms with Gasteiger partial charge in [0.25, 0.3) is 0 Å². The summed E-state index contributed by atoms with van der Waals surface area (Å²) in [4.78, 5) is 7.34. The number of benzene rings is 1. The van der Waals surface area contributed by atoms with Crippen LogP contribution in [0.25, 0.3) is 10.2 Å². The third kappa shape index (κ3) is 2.85. The van der Waals surface area contributed by atoms with Crippen molar-refractivity contribution < 1.29 is 4.74 Å². The Morgan fingerprint density at radius 1 is 1.27 bits per heavy atom.